The average Bonchev–Trinajstić information content (AvgIpc) is 2.64. The predicted molar refractivity (Wildman–Crippen MR) is 58.9 cm³/mol. The van der Waals surface area contributed by atoms with E-state index in [1.165, 1.54) is 25.7 Å². The summed E-state index contributed by atoms with van der Waals surface area (Å²) < 4.78 is 0. The third-order valence-corrected chi connectivity index (χ3v) is 3.14. The van der Waals surface area contributed by atoms with Gasteiger partial charge < -0.3 is 5.32 Å². The molecule has 0 aromatic heterocycles. The van der Waals surface area contributed by atoms with E-state index in [-0.39, 0.29) is 5.41 Å². The van der Waals surface area contributed by atoms with Gasteiger partial charge in [0.15, 0.2) is 0 Å². The molecule has 0 heterocycles. The standard InChI is InChI=1S/C12H22N2/c1-12(2,8-5-9-13)10-14-11-6-3-4-7-11/h11,14H,3-8,10H2,1-2H3. The molecule has 0 radical (unpaired) electrons. The van der Waals surface area contributed by atoms with Crippen LogP contribution in [-0.4, -0.2) is 12.6 Å². The lowest BCUT2D eigenvalue weighted by molar-refractivity contribution is 0.300. The second-order valence-electron chi connectivity index (χ2n) is 5.18. The molecular formula is C12H22N2. The number of nitriles is 1. The minimum Gasteiger partial charge on any atom is -0.313 e. The Hall–Kier alpha value is -0.550. The van der Waals surface area contributed by atoms with Crippen molar-refractivity contribution in [2.75, 3.05) is 6.54 Å². The van der Waals surface area contributed by atoms with Crippen LogP contribution >= 0.6 is 0 Å². The van der Waals surface area contributed by atoms with Gasteiger partial charge in [0.1, 0.15) is 0 Å². The van der Waals surface area contributed by atoms with Crippen LogP contribution in [0.3, 0.4) is 0 Å². The maximum absolute atomic E-state index is 8.54. The fourth-order valence-electron chi connectivity index (χ4n) is 2.03. The van der Waals surface area contributed by atoms with Gasteiger partial charge in [-0.15, -0.1) is 0 Å². The van der Waals surface area contributed by atoms with Crippen LogP contribution in [0.25, 0.3) is 0 Å². The molecule has 0 aromatic carbocycles. The van der Waals surface area contributed by atoms with Crippen molar-refractivity contribution in [2.24, 2.45) is 5.41 Å². The van der Waals surface area contributed by atoms with E-state index >= 15 is 0 Å². The molecule has 0 aliphatic heterocycles. The van der Waals surface area contributed by atoms with Gasteiger partial charge in [-0.05, 0) is 24.7 Å². The minimum atomic E-state index is 0.276. The molecule has 80 valence electrons. The molecule has 1 aliphatic carbocycles. The fraction of sp³-hybridized carbons (Fsp3) is 0.917. The highest BCUT2D eigenvalue weighted by Crippen LogP contribution is 2.23. The number of nitrogens with one attached hydrogen (secondary N) is 1. The van der Waals surface area contributed by atoms with Gasteiger partial charge in [-0.1, -0.05) is 26.7 Å². The predicted octanol–water partition coefficient (Wildman–Crippen LogP) is 2.85. The second kappa shape index (κ2) is 5.36. The Morgan fingerprint density at radius 2 is 2.00 bits per heavy atom. The van der Waals surface area contributed by atoms with Crippen LogP contribution in [0.4, 0.5) is 0 Å². The van der Waals surface area contributed by atoms with Gasteiger partial charge in [0.2, 0.25) is 0 Å². The van der Waals surface area contributed by atoms with Crippen LogP contribution < -0.4 is 5.32 Å². The van der Waals surface area contributed by atoms with Crippen molar-refractivity contribution in [3.8, 4) is 6.07 Å². The van der Waals surface area contributed by atoms with Gasteiger partial charge in [-0.2, -0.15) is 5.26 Å². The average molecular weight is 194 g/mol. The van der Waals surface area contributed by atoms with Crippen LogP contribution in [-0.2, 0) is 0 Å². The van der Waals surface area contributed by atoms with E-state index in [9.17, 15) is 0 Å². The van der Waals surface area contributed by atoms with E-state index in [1.807, 2.05) is 0 Å². The van der Waals surface area contributed by atoms with E-state index < -0.39 is 0 Å². The van der Waals surface area contributed by atoms with Crippen molar-refractivity contribution in [1.82, 2.24) is 5.32 Å². The van der Waals surface area contributed by atoms with E-state index in [0.29, 0.717) is 6.42 Å². The Kier molecular flexibility index (Phi) is 4.41. The highest BCUT2D eigenvalue weighted by atomic mass is 14.9. The number of hydrogen-bond acceptors (Lipinski definition) is 2. The van der Waals surface area contributed by atoms with Gasteiger partial charge in [0.05, 0.1) is 6.07 Å². The Bertz CT molecular complexity index is 197. The molecule has 1 aliphatic rings. The van der Waals surface area contributed by atoms with E-state index in [4.69, 9.17) is 5.26 Å². The van der Waals surface area contributed by atoms with Crippen molar-refractivity contribution in [3.05, 3.63) is 0 Å². The van der Waals surface area contributed by atoms with Crippen molar-refractivity contribution in [2.45, 2.75) is 58.4 Å². The first-order chi connectivity index (χ1) is 6.64. The number of rotatable bonds is 5. The molecule has 1 fully saturated rings. The van der Waals surface area contributed by atoms with Crippen molar-refractivity contribution in [1.29, 1.82) is 5.26 Å². The van der Waals surface area contributed by atoms with Gasteiger partial charge in [-0.25, -0.2) is 0 Å². The zero-order chi connectivity index (χ0) is 10.4. The Labute approximate surface area is 87.7 Å². The Balaban J connectivity index is 2.17. The second-order valence-corrected chi connectivity index (χ2v) is 5.18. The third kappa shape index (κ3) is 4.11. The quantitative estimate of drug-likeness (QED) is 0.730. The monoisotopic (exact) mass is 194 g/mol. The lowest BCUT2D eigenvalue weighted by atomic mass is 9.88. The number of nitrogens with zero attached hydrogens (tertiary/aromatic N) is 1. The molecule has 0 aromatic rings. The summed E-state index contributed by atoms with van der Waals surface area (Å²) in [6, 6.07) is 2.97. The highest BCUT2D eigenvalue weighted by Gasteiger charge is 2.20. The normalized spacial score (nSPS) is 18.4. The molecule has 2 nitrogen and oxygen atoms in total. The molecule has 0 atom stereocenters. The zero-order valence-electron chi connectivity index (χ0n) is 9.47. The van der Waals surface area contributed by atoms with Gasteiger partial charge in [0.25, 0.3) is 0 Å². The first-order valence-corrected chi connectivity index (χ1v) is 5.74. The molecule has 14 heavy (non-hydrogen) atoms. The lowest BCUT2D eigenvalue weighted by Crippen LogP contribution is -2.35. The molecule has 1 rings (SSSR count). The molecule has 0 spiro atoms. The first kappa shape index (κ1) is 11.5. The zero-order valence-corrected chi connectivity index (χ0v) is 9.47. The van der Waals surface area contributed by atoms with Crippen molar-refractivity contribution in [3.63, 3.8) is 0 Å². The molecule has 0 saturated heterocycles. The van der Waals surface area contributed by atoms with E-state index in [0.717, 1.165) is 19.0 Å². The van der Waals surface area contributed by atoms with E-state index in [2.05, 4.69) is 25.2 Å². The summed E-state index contributed by atoms with van der Waals surface area (Å²) in [5.41, 5.74) is 0.276. The maximum Gasteiger partial charge on any atom is 0.0621 e. The SMILES string of the molecule is CC(C)(CCC#N)CNC1CCCC1. The molecule has 2 heteroatoms. The smallest absolute Gasteiger partial charge is 0.0621 e. The number of hydrogen-bond donors (Lipinski definition) is 1. The van der Waals surface area contributed by atoms with Crippen LogP contribution in [0.15, 0.2) is 0 Å². The van der Waals surface area contributed by atoms with Crippen LogP contribution in [0.1, 0.15) is 52.4 Å². The summed E-state index contributed by atoms with van der Waals surface area (Å²) in [6.45, 7) is 5.54. The topological polar surface area (TPSA) is 35.8 Å². The molecule has 0 amide bonds. The van der Waals surface area contributed by atoms with Crippen LogP contribution in [0.5, 0.6) is 0 Å². The molecule has 0 bridgehead atoms. The van der Waals surface area contributed by atoms with Crippen LogP contribution in [0, 0.1) is 16.7 Å². The van der Waals surface area contributed by atoms with Crippen molar-refractivity contribution < 1.29 is 0 Å². The summed E-state index contributed by atoms with van der Waals surface area (Å²) in [4.78, 5) is 0. The summed E-state index contributed by atoms with van der Waals surface area (Å²) in [5, 5.41) is 12.2. The lowest BCUT2D eigenvalue weighted by Gasteiger charge is -2.26. The van der Waals surface area contributed by atoms with Crippen molar-refractivity contribution >= 4 is 0 Å². The van der Waals surface area contributed by atoms with Gasteiger partial charge >= 0.3 is 0 Å². The summed E-state index contributed by atoms with van der Waals surface area (Å²) in [5.74, 6) is 0. The highest BCUT2D eigenvalue weighted by molar-refractivity contribution is 4.81. The van der Waals surface area contributed by atoms with Crippen LogP contribution in [0.2, 0.25) is 0 Å². The van der Waals surface area contributed by atoms with E-state index in [1.54, 1.807) is 0 Å². The Morgan fingerprint density at radius 1 is 1.36 bits per heavy atom. The summed E-state index contributed by atoms with van der Waals surface area (Å²) in [6.07, 6.45) is 7.14. The fourth-order valence-corrected chi connectivity index (χ4v) is 2.03. The molecule has 1 saturated carbocycles. The maximum atomic E-state index is 8.54. The largest absolute Gasteiger partial charge is 0.313 e. The molecule has 0 unspecified atom stereocenters. The first-order valence-electron chi connectivity index (χ1n) is 5.74. The van der Waals surface area contributed by atoms with Gasteiger partial charge in [0, 0.05) is 19.0 Å². The third-order valence-electron chi connectivity index (χ3n) is 3.14. The van der Waals surface area contributed by atoms with Gasteiger partial charge in [-0.3, -0.25) is 0 Å². The molecule has 1 N–H and O–H groups in total. The summed E-state index contributed by atoms with van der Waals surface area (Å²) >= 11 is 0. The molecular weight excluding hydrogens is 172 g/mol. The minimum absolute atomic E-state index is 0.276. The summed E-state index contributed by atoms with van der Waals surface area (Å²) in [7, 11) is 0. The Morgan fingerprint density at radius 3 is 2.57 bits per heavy atom.